The number of rotatable bonds is 11. The van der Waals surface area contributed by atoms with Crippen LogP contribution >= 0.6 is 0 Å². The van der Waals surface area contributed by atoms with Crippen LogP contribution in [-0.2, 0) is 0 Å². The number of unbranched alkanes of at least 4 members (excludes halogenated alkanes) is 6. The molecular weight excluding hydrogens is 384 g/mol. The third-order valence-electron chi connectivity index (χ3n) is 5.79. The molecule has 0 aliphatic rings. The molecule has 0 aliphatic carbocycles. The van der Waals surface area contributed by atoms with Gasteiger partial charge in [0.25, 0.3) is 5.91 Å². The number of pyridine rings is 1. The topological polar surface area (TPSA) is 51.2 Å². The summed E-state index contributed by atoms with van der Waals surface area (Å²) in [5.74, 6) is 0.784. The Kier molecular flexibility index (Phi) is 8.45. The zero-order chi connectivity index (χ0) is 22.1. The van der Waals surface area contributed by atoms with Gasteiger partial charge in [0.2, 0.25) is 0 Å². The van der Waals surface area contributed by atoms with Crippen molar-refractivity contribution >= 4 is 16.8 Å². The average Bonchev–Trinajstić information content (AvgIpc) is 2.80. The molecule has 4 heteroatoms. The summed E-state index contributed by atoms with van der Waals surface area (Å²) in [6, 6.07) is 15.7. The van der Waals surface area contributed by atoms with Crippen LogP contribution in [0.25, 0.3) is 22.2 Å². The van der Waals surface area contributed by atoms with Crippen LogP contribution in [0.3, 0.4) is 0 Å². The molecule has 4 nitrogen and oxygen atoms in total. The van der Waals surface area contributed by atoms with Crippen molar-refractivity contribution in [2.75, 3.05) is 13.7 Å². The van der Waals surface area contributed by atoms with E-state index in [0.29, 0.717) is 6.54 Å². The van der Waals surface area contributed by atoms with Crippen LogP contribution < -0.4 is 10.1 Å². The molecule has 0 aliphatic heterocycles. The molecule has 1 amide bonds. The molecule has 0 atom stereocenters. The number of hydrogen-bond donors (Lipinski definition) is 1. The zero-order valence-corrected chi connectivity index (χ0v) is 19.0. The SMILES string of the molecule is CCCCCCCCCNC(=O)c1c(C)c(-c2ccc(OC)cc2)nc2ccccc12. The van der Waals surface area contributed by atoms with Gasteiger partial charge in [-0.2, -0.15) is 0 Å². The third kappa shape index (κ3) is 5.84. The maximum absolute atomic E-state index is 13.2. The van der Waals surface area contributed by atoms with Crippen molar-refractivity contribution < 1.29 is 9.53 Å². The Bertz CT molecular complexity index is 996. The number of nitrogens with zero attached hydrogens (tertiary/aromatic N) is 1. The molecule has 164 valence electrons. The second kappa shape index (κ2) is 11.5. The molecule has 1 N–H and O–H groups in total. The van der Waals surface area contributed by atoms with Gasteiger partial charge in [-0.25, -0.2) is 4.98 Å². The lowest BCUT2D eigenvalue weighted by atomic mass is 9.97. The van der Waals surface area contributed by atoms with E-state index < -0.39 is 0 Å². The summed E-state index contributed by atoms with van der Waals surface area (Å²) < 4.78 is 5.27. The smallest absolute Gasteiger partial charge is 0.252 e. The van der Waals surface area contributed by atoms with E-state index in [1.807, 2.05) is 55.5 Å². The van der Waals surface area contributed by atoms with E-state index in [0.717, 1.165) is 51.9 Å². The van der Waals surface area contributed by atoms with Gasteiger partial charge in [0.05, 0.1) is 23.9 Å². The average molecular weight is 419 g/mol. The van der Waals surface area contributed by atoms with Crippen molar-refractivity contribution in [1.29, 1.82) is 0 Å². The van der Waals surface area contributed by atoms with Crippen LogP contribution in [0.4, 0.5) is 0 Å². The number of nitrogens with one attached hydrogen (secondary N) is 1. The molecule has 0 fully saturated rings. The van der Waals surface area contributed by atoms with Crippen molar-refractivity contribution in [3.8, 4) is 17.0 Å². The molecule has 31 heavy (non-hydrogen) atoms. The van der Waals surface area contributed by atoms with E-state index >= 15 is 0 Å². The lowest BCUT2D eigenvalue weighted by Gasteiger charge is -2.15. The highest BCUT2D eigenvalue weighted by Gasteiger charge is 2.18. The molecule has 2 aromatic carbocycles. The van der Waals surface area contributed by atoms with Crippen molar-refractivity contribution in [1.82, 2.24) is 10.3 Å². The fraction of sp³-hybridized carbons (Fsp3) is 0.407. The van der Waals surface area contributed by atoms with Crippen LogP contribution in [0.2, 0.25) is 0 Å². The standard InChI is InChI=1S/C27H34N2O2/c1-4-5-6-7-8-9-12-19-28-27(30)25-20(2)26(21-15-17-22(31-3)18-16-21)29-24-14-11-10-13-23(24)25/h10-11,13-18H,4-9,12,19H2,1-3H3,(H,28,30). The Morgan fingerprint density at radius 2 is 1.61 bits per heavy atom. The number of amides is 1. The molecule has 1 aromatic heterocycles. The lowest BCUT2D eigenvalue weighted by molar-refractivity contribution is 0.0954. The van der Waals surface area contributed by atoms with Crippen LogP contribution in [0.15, 0.2) is 48.5 Å². The van der Waals surface area contributed by atoms with E-state index in [4.69, 9.17) is 9.72 Å². The van der Waals surface area contributed by atoms with Gasteiger partial charge in [-0.15, -0.1) is 0 Å². The Morgan fingerprint density at radius 3 is 2.32 bits per heavy atom. The summed E-state index contributed by atoms with van der Waals surface area (Å²) in [7, 11) is 1.65. The van der Waals surface area contributed by atoms with Gasteiger partial charge in [-0.1, -0.05) is 63.6 Å². The minimum Gasteiger partial charge on any atom is -0.497 e. The van der Waals surface area contributed by atoms with Crippen molar-refractivity contribution in [3.63, 3.8) is 0 Å². The molecule has 3 rings (SSSR count). The molecular formula is C27H34N2O2. The Balaban J connectivity index is 1.77. The Labute approximate surface area is 186 Å². The maximum Gasteiger partial charge on any atom is 0.252 e. The van der Waals surface area contributed by atoms with Gasteiger partial charge >= 0.3 is 0 Å². The summed E-state index contributed by atoms with van der Waals surface area (Å²) in [5, 5.41) is 4.04. The van der Waals surface area contributed by atoms with Crippen LogP contribution in [-0.4, -0.2) is 24.5 Å². The predicted molar refractivity (Wildman–Crippen MR) is 129 cm³/mol. The number of hydrogen-bond acceptors (Lipinski definition) is 3. The molecule has 1 heterocycles. The van der Waals surface area contributed by atoms with Gasteiger partial charge in [0, 0.05) is 17.5 Å². The summed E-state index contributed by atoms with van der Waals surface area (Å²) in [4.78, 5) is 18.0. The van der Waals surface area contributed by atoms with E-state index in [9.17, 15) is 4.79 Å². The number of methoxy groups -OCH3 is 1. The monoisotopic (exact) mass is 418 g/mol. The number of fused-ring (bicyclic) bond motifs is 1. The largest absolute Gasteiger partial charge is 0.497 e. The Morgan fingerprint density at radius 1 is 0.935 bits per heavy atom. The number of benzene rings is 2. The highest BCUT2D eigenvalue weighted by molar-refractivity contribution is 6.08. The minimum atomic E-state index is -0.0168. The second-order valence-electron chi connectivity index (χ2n) is 8.08. The first-order valence-corrected chi connectivity index (χ1v) is 11.5. The van der Waals surface area contributed by atoms with Gasteiger partial charge in [0.1, 0.15) is 5.75 Å². The molecule has 0 radical (unpaired) electrons. The van der Waals surface area contributed by atoms with Crippen LogP contribution in [0.5, 0.6) is 5.75 Å². The fourth-order valence-electron chi connectivity index (χ4n) is 4.00. The first-order valence-electron chi connectivity index (χ1n) is 11.5. The molecule has 0 spiro atoms. The van der Waals surface area contributed by atoms with Crippen molar-refractivity contribution in [2.24, 2.45) is 0 Å². The number of ether oxygens (including phenoxy) is 1. The molecule has 3 aromatic rings. The quantitative estimate of drug-likeness (QED) is 0.353. The normalized spacial score (nSPS) is 10.9. The zero-order valence-electron chi connectivity index (χ0n) is 19.0. The predicted octanol–water partition coefficient (Wildman–Crippen LogP) is 6.70. The third-order valence-corrected chi connectivity index (χ3v) is 5.79. The number of para-hydroxylation sites is 1. The minimum absolute atomic E-state index is 0.0168. The first-order chi connectivity index (χ1) is 15.2. The van der Waals surface area contributed by atoms with Crippen molar-refractivity contribution in [3.05, 3.63) is 59.7 Å². The molecule has 0 saturated carbocycles. The lowest BCUT2D eigenvalue weighted by Crippen LogP contribution is -2.26. The Hall–Kier alpha value is -2.88. The van der Waals surface area contributed by atoms with E-state index in [-0.39, 0.29) is 5.91 Å². The highest BCUT2D eigenvalue weighted by Crippen LogP contribution is 2.30. The number of carbonyl (C=O) groups is 1. The van der Waals surface area contributed by atoms with E-state index in [1.165, 1.54) is 32.1 Å². The summed E-state index contributed by atoms with van der Waals surface area (Å²) in [6.07, 6.45) is 8.63. The molecule has 0 unspecified atom stereocenters. The molecule has 0 bridgehead atoms. The summed E-state index contributed by atoms with van der Waals surface area (Å²) in [5.41, 5.74) is 4.27. The van der Waals surface area contributed by atoms with E-state index in [2.05, 4.69) is 12.2 Å². The summed E-state index contributed by atoms with van der Waals surface area (Å²) in [6.45, 7) is 4.93. The fourth-order valence-corrected chi connectivity index (χ4v) is 4.00. The van der Waals surface area contributed by atoms with Gasteiger partial charge in [-0.3, -0.25) is 4.79 Å². The summed E-state index contributed by atoms with van der Waals surface area (Å²) >= 11 is 0. The molecule has 0 saturated heterocycles. The maximum atomic E-state index is 13.2. The van der Waals surface area contributed by atoms with Crippen molar-refractivity contribution in [2.45, 2.75) is 58.8 Å². The second-order valence-corrected chi connectivity index (χ2v) is 8.08. The van der Waals surface area contributed by atoms with Crippen LogP contribution in [0.1, 0.15) is 67.8 Å². The number of carbonyl (C=O) groups excluding carboxylic acids is 1. The first kappa shape index (κ1) is 22.8. The van der Waals surface area contributed by atoms with Crippen LogP contribution in [0, 0.1) is 6.92 Å². The van der Waals surface area contributed by atoms with Gasteiger partial charge in [-0.05, 0) is 49.2 Å². The van der Waals surface area contributed by atoms with E-state index in [1.54, 1.807) is 7.11 Å². The van der Waals surface area contributed by atoms with Gasteiger partial charge in [0.15, 0.2) is 0 Å². The highest BCUT2D eigenvalue weighted by atomic mass is 16.5. The number of aromatic nitrogens is 1. The van der Waals surface area contributed by atoms with Gasteiger partial charge < -0.3 is 10.1 Å².